The first kappa shape index (κ1) is 144. The van der Waals surface area contributed by atoms with Crippen LogP contribution in [-0.2, 0) is 50.9 Å². The molecule has 0 unspecified atom stereocenters. The van der Waals surface area contributed by atoms with Crippen molar-refractivity contribution < 1.29 is 76.9 Å². The van der Waals surface area contributed by atoms with Crippen molar-refractivity contribution in [3.63, 3.8) is 0 Å². The van der Waals surface area contributed by atoms with Crippen LogP contribution in [0.1, 0.15) is 116 Å². The number of benzene rings is 8. The molecular weight excluding hydrogens is 3220 g/mol. The zero-order chi connectivity index (χ0) is 103. The summed E-state index contributed by atoms with van der Waals surface area (Å²) in [4.78, 5) is 23.5. The van der Waals surface area contributed by atoms with Gasteiger partial charge in [0.1, 0.15) is 20.2 Å². The first-order valence-electron chi connectivity index (χ1n) is 42.8. The van der Waals surface area contributed by atoms with Crippen LogP contribution in [0.25, 0.3) is 43.6 Å². The summed E-state index contributed by atoms with van der Waals surface area (Å²) in [5.74, 6) is 0. The molecule has 5 heterocycles. The molecule has 1 saturated heterocycles. The molecule has 0 aliphatic carbocycles. The van der Waals surface area contributed by atoms with Gasteiger partial charge < -0.3 is 71.9 Å². The van der Waals surface area contributed by atoms with E-state index in [1.54, 1.807) is 25.7 Å². The Bertz CT molecular complexity index is 5040. The summed E-state index contributed by atoms with van der Waals surface area (Å²) in [5, 5.41) is 23.3. The molecule has 0 amide bonds. The van der Waals surface area contributed by atoms with Crippen molar-refractivity contribution >= 4 is 381 Å². The molecule has 8 aromatic carbocycles. The SMILES string of the molecule is C.C.C.C.CC.CC.CC.CC.CO[Si](C)(C)C.C[Si](C)(C)OCN(c1ccccc1)c1ccc2ncc(Br)c(Cl)c2c1.Clc1c(Br)cnc2ccc(Nc3ccccc3)cc12.I[I-]I.[2H]B(O)O.[2H]B1OC(C)(C)C(C)(C)O1.[2H]c1cnc2ccc(N(CO[Si](C)(C)C)c3ccccc3)cc2c1.[2H]c1cnc2ccc(N(CO[Si](C)(C)C)c3ccccc3)cc2c1Cl.[CH3-].[CH3-].[I][V]([I])[I].[I][V][I].[I][V][I]. The molecular formula is C96H147B2Br2Cl3I10N8O8Si4V3-3. The number of nitrogens with one attached hydrogen (secondary N) is 1. The van der Waals surface area contributed by atoms with Crippen LogP contribution >= 0.6 is 244 Å². The molecule has 0 bridgehead atoms. The summed E-state index contributed by atoms with van der Waals surface area (Å²) in [6, 6.07) is 67.2. The molecule has 0 spiro atoms. The zero-order valence-corrected chi connectivity index (χ0v) is 115. The second-order valence-corrected chi connectivity index (χ2v) is 126. The van der Waals surface area contributed by atoms with E-state index in [2.05, 4.69) is 388 Å². The van der Waals surface area contributed by atoms with Gasteiger partial charge in [-0.15, -0.1) is 0 Å². The van der Waals surface area contributed by atoms with Gasteiger partial charge in [0.05, 0.1) is 62.7 Å². The van der Waals surface area contributed by atoms with Gasteiger partial charge in [-0.1, -0.05) is 199 Å². The van der Waals surface area contributed by atoms with Crippen LogP contribution in [-0.4, -0.2) is 120 Å². The monoisotopic (exact) mass is 3360 g/mol. The van der Waals surface area contributed by atoms with Crippen LogP contribution in [0.3, 0.4) is 0 Å². The van der Waals surface area contributed by atoms with E-state index in [0.29, 0.717) is 73.5 Å². The molecule has 3 N–H and O–H groups in total. The fourth-order valence-corrected chi connectivity index (χ4v) is 12.4. The molecule has 4 aromatic heterocycles. The third kappa shape index (κ3) is 65.3. The molecule has 12 aromatic rings. The van der Waals surface area contributed by atoms with E-state index >= 15 is 0 Å². The second kappa shape index (κ2) is 86.8. The Labute approximate surface area is 990 Å². The molecule has 40 heteroatoms. The normalized spacial score (nSPS) is 11.6. The number of pyridine rings is 4. The van der Waals surface area contributed by atoms with Crippen molar-refractivity contribution in [2.45, 2.75) is 203 Å². The quantitative estimate of drug-likeness (QED) is 0.0321. The van der Waals surface area contributed by atoms with Gasteiger partial charge in [-0.2, -0.15) is 0 Å². The van der Waals surface area contributed by atoms with Crippen molar-refractivity contribution in [1.29, 1.82) is 2.67 Å². The van der Waals surface area contributed by atoms with E-state index in [1.165, 1.54) is 6.20 Å². The minimum absolute atomic E-state index is 0. The van der Waals surface area contributed by atoms with Crippen molar-refractivity contribution in [2.24, 2.45) is 0 Å². The van der Waals surface area contributed by atoms with Gasteiger partial charge in [0, 0.05) is 98.9 Å². The standard InChI is InChI=1S/C19H20BrClN2OSi.C19H21ClN2OSi.C19H22N2OSi.C15H10BrClN2.C6H13BO2.C4H12OSi.4C2H6.4CH4.2CH3.BH3O2.I3.7HI.3V/c1-25(2,3)24-13-23(14-7-5-4-6-8-14)15-9-10-18-16(11-15)19(21)17(20)12-22-18;1-24(2,3)23-14-22(15-7-5-4-6-8-15)16-9-10-19-17(13-16)18(20)11-12-21-19;1-23(2,3)22-15-21(17-9-5-4-6-10-17)18-11-12-19-16(14-18)8-7-13-20-19;16-13-9-18-14-7-6-11(8-12(14)15(13)17)19-10-4-2-1-3-5-10;1-5(2)6(3,4)9-7-8-5;1-5-6(2,3)4;4*1-2;;;;;;;2-1-3;1-3-2;;;;;;;;;;/h4-12H,13H2,1-3H3;4-13H,14H2,1-3H3;4-14H,15H2,1-3H3;1-9,19H;7H,1-4H3;1-4H3;4*1-2H3;4*1H4;2*1H3;1-3H;;7*1H;;;/q;;;;;;;;;;;;;;2*-1;;-1;;;;;;;;2*+2;+3/p-7/i;11D;7D;;7D;;;;;;;;;;;;1D;;;;;;;;;;;. The number of hydrogen-bond acceptors (Lipinski definition) is 16. The third-order valence-corrected chi connectivity index (χ3v) is 23.5. The number of aromatic nitrogens is 4. The molecule has 16 nitrogen and oxygen atoms in total. The maximum absolute atomic E-state index is 7.88. The number of fused-ring (bicyclic) bond motifs is 4. The van der Waals surface area contributed by atoms with Crippen molar-refractivity contribution in [3.8, 4) is 0 Å². The molecule has 1 fully saturated rings. The van der Waals surface area contributed by atoms with Crippen LogP contribution < -0.4 is 33.3 Å². The van der Waals surface area contributed by atoms with Crippen LogP contribution in [0, 0.1) is 14.9 Å². The van der Waals surface area contributed by atoms with E-state index in [0.717, 1.165) is 98.1 Å². The van der Waals surface area contributed by atoms with E-state index in [4.69, 9.17) is 77.3 Å². The fourth-order valence-electron chi connectivity index (χ4n) is 9.63. The van der Waals surface area contributed by atoms with Gasteiger partial charge in [0.25, 0.3) is 0 Å². The van der Waals surface area contributed by atoms with Crippen LogP contribution in [0.2, 0.25) is 93.6 Å². The average Bonchev–Trinajstić information content (AvgIpc) is 1.65. The van der Waals surface area contributed by atoms with Crippen LogP contribution in [0.5, 0.6) is 0 Å². The molecule has 136 heavy (non-hydrogen) atoms. The summed E-state index contributed by atoms with van der Waals surface area (Å²) in [6.07, 6.45) is 6.50. The summed E-state index contributed by atoms with van der Waals surface area (Å²) in [6.45, 7) is 51.3. The summed E-state index contributed by atoms with van der Waals surface area (Å²) in [7, 11) is -5.79. The number of halogens is 15. The number of para-hydroxylation sites is 4. The Hall–Kier alpha value is 2.16. The zero-order valence-electron chi connectivity index (χ0n) is 84.1. The Morgan fingerprint density at radius 2 is 0.765 bits per heavy atom. The van der Waals surface area contributed by atoms with E-state index in [1.807, 2.05) is 223 Å². The second-order valence-electron chi connectivity index (χ2n) is 30.1. The van der Waals surface area contributed by atoms with Gasteiger partial charge in [0.2, 0.25) is 0 Å². The Kier molecular flexibility index (Phi) is 92.2. The topological polar surface area (TPSA) is 169 Å². The molecule has 1 aliphatic heterocycles. The Morgan fingerprint density at radius 3 is 1.08 bits per heavy atom. The molecule has 764 valence electrons. The molecule has 0 atom stereocenters. The first-order valence-corrected chi connectivity index (χ1v) is 101. The number of hydrogen-bond donors (Lipinski definition) is 3. The van der Waals surface area contributed by atoms with Gasteiger partial charge in [-0.25, -0.2) is 0 Å². The van der Waals surface area contributed by atoms with Crippen molar-refractivity contribution in [1.82, 2.24) is 19.9 Å². The summed E-state index contributed by atoms with van der Waals surface area (Å²) in [5.41, 5.74) is 11.0. The predicted octanol–water partition coefficient (Wildman–Crippen LogP) is 36.1. The first-order chi connectivity index (χ1) is 63.0. The predicted molar refractivity (Wildman–Crippen MR) is 692 cm³/mol. The summed E-state index contributed by atoms with van der Waals surface area (Å²) >= 11 is 48.1. The van der Waals surface area contributed by atoms with Gasteiger partial charge in [-0.3, -0.25) is 19.9 Å². The van der Waals surface area contributed by atoms with Crippen LogP contribution in [0.4, 0.5) is 45.5 Å². The Balaban J connectivity index is -0.000000242. The van der Waals surface area contributed by atoms with E-state index in [-0.39, 0.29) is 66.7 Å². The number of anilines is 8. The summed E-state index contributed by atoms with van der Waals surface area (Å²) < 4.78 is 64.1. The van der Waals surface area contributed by atoms with Gasteiger partial charge >= 0.3 is 229 Å². The fraction of sp³-hybridized carbons (Fsp3) is 0.354. The molecule has 0 saturated carbocycles. The molecule has 0 radical (unpaired) electrons. The maximum atomic E-state index is 7.88. The van der Waals surface area contributed by atoms with Crippen molar-refractivity contribution in [3.05, 3.63) is 276 Å². The number of rotatable bonds is 18. The van der Waals surface area contributed by atoms with Crippen molar-refractivity contribution in [2.75, 3.05) is 47.3 Å². The molecule has 1 aliphatic rings. The Morgan fingerprint density at radius 1 is 0.478 bits per heavy atom. The number of nitrogens with zero attached hydrogens (tertiary/aromatic N) is 7. The minimum atomic E-state index is -1.92. The van der Waals surface area contributed by atoms with Gasteiger partial charge in [-0.05, 0) is 272 Å². The van der Waals surface area contributed by atoms with Crippen LogP contribution in [0.15, 0.2) is 246 Å². The van der Waals surface area contributed by atoms with Gasteiger partial charge in [0.15, 0.2) is 33.3 Å². The third-order valence-electron chi connectivity index (χ3n) is 16.5. The van der Waals surface area contributed by atoms with E-state index < -0.39 is 48.6 Å². The average molecular weight is 3370 g/mol. The van der Waals surface area contributed by atoms with E-state index in [9.17, 15) is 0 Å². The molecule has 13 rings (SSSR count).